The van der Waals surface area contributed by atoms with E-state index in [9.17, 15) is 27.7 Å². The summed E-state index contributed by atoms with van der Waals surface area (Å²) in [6.45, 7) is 0.945. The van der Waals surface area contributed by atoms with E-state index in [1.165, 1.54) is 19.2 Å². The Balaban J connectivity index is 1.29. The van der Waals surface area contributed by atoms with Crippen LogP contribution in [0.2, 0.25) is 0 Å². The third-order valence-electron chi connectivity index (χ3n) is 9.39. The predicted molar refractivity (Wildman–Crippen MR) is 155 cm³/mol. The molecule has 3 atom stereocenters. The Bertz CT molecular complexity index is 1460. The summed E-state index contributed by atoms with van der Waals surface area (Å²) in [7, 11) is -1.98. The van der Waals surface area contributed by atoms with Gasteiger partial charge in [-0.3, -0.25) is 4.79 Å². The van der Waals surface area contributed by atoms with Crippen molar-refractivity contribution < 1.29 is 27.1 Å². The van der Waals surface area contributed by atoms with Crippen molar-refractivity contribution in [3.8, 4) is 6.07 Å². The number of alkyl carbamates (subject to hydrolysis) is 1. The average molecular weight is 596 g/mol. The molecule has 1 saturated heterocycles. The molecule has 1 aliphatic heterocycles. The van der Waals surface area contributed by atoms with E-state index in [0.717, 1.165) is 12.0 Å². The van der Waals surface area contributed by atoms with Gasteiger partial charge in [0.25, 0.3) is 0 Å². The topological polar surface area (TPSA) is 117 Å². The SMILES string of the molecule is COC(=O)N[C@H]1CCC[C@@H]1[C@](C#N)(c1cccc(F)c1)C1CCN(C(=O)CCc2cccc(S(=O)(=O)C3CC3)c2)CC1. The lowest BCUT2D eigenvalue weighted by Gasteiger charge is -2.46. The monoisotopic (exact) mass is 595 g/mol. The van der Waals surface area contributed by atoms with Gasteiger partial charge in [-0.15, -0.1) is 0 Å². The average Bonchev–Trinajstić information content (AvgIpc) is 3.78. The van der Waals surface area contributed by atoms with Gasteiger partial charge in [-0.05, 0) is 86.3 Å². The Labute approximate surface area is 247 Å². The summed E-state index contributed by atoms with van der Waals surface area (Å²) >= 11 is 0. The third-order valence-corrected chi connectivity index (χ3v) is 11.6. The van der Waals surface area contributed by atoms with Crippen molar-refractivity contribution in [2.75, 3.05) is 20.2 Å². The number of amides is 2. The van der Waals surface area contributed by atoms with Crippen molar-refractivity contribution in [3.63, 3.8) is 0 Å². The van der Waals surface area contributed by atoms with Crippen LogP contribution in [0.1, 0.15) is 62.5 Å². The van der Waals surface area contributed by atoms with Crippen molar-refractivity contribution in [2.24, 2.45) is 11.8 Å². The molecule has 0 unspecified atom stereocenters. The lowest BCUT2D eigenvalue weighted by Crippen LogP contribution is -2.53. The molecule has 2 saturated carbocycles. The number of piperidine rings is 1. The summed E-state index contributed by atoms with van der Waals surface area (Å²) in [5, 5.41) is 13.4. The fraction of sp³-hybridized carbons (Fsp3) is 0.531. The van der Waals surface area contributed by atoms with Gasteiger partial charge in [0.05, 0.1) is 28.7 Å². The van der Waals surface area contributed by atoms with Crippen LogP contribution < -0.4 is 5.32 Å². The molecule has 2 aliphatic carbocycles. The fourth-order valence-corrected chi connectivity index (χ4v) is 8.79. The Hall–Kier alpha value is -3.45. The Kier molecular flexibility index (Phi) is 8.88. The van der Waals surface area contributed by atoms with Crippen LogP contribution in [0.4, 0.5) is 9.18 Å². The molecule has 2 aromatic carbocycles. The highest BCUT2D eigenvalue weighted by molar-refractivity contribution is 7.92. The van der Waals surface area contributed by atoms with Gasteiger partial charge in [0, 0.05) is 31.5 Å². The lowest BCUT2D eigenvalue weighted by atomic mass is 9.59. The van der Waals surface area contributed by atoms with Gasteiger partial charge >= 0.3 is 6.09 Å². The zero-order valence-electron chi connectivity index (χ0n) is 23.9. The second-order valence-electron chi connectivity index (χ2n) is 11.8. The van der Waals surface area contributed by atoms with Crippen molar-refractivity contribution in [2.45, 2.75) is 79.4 Å². The Morgan fingerprint density at radius 3 is 2.48 bits per heavy atom. The second-order valence-corrected chi connectivity index (χ2v) is 14.0. The van der Waals surface area contributed by atoms with Gasteiger partial charge in [0.15, 0.2) is 9.84 Å². The van der Waals surface area contributed by atoms with E-state index in [0.29, 0.717) is 68.5 Å². The van der Waals surface area contributed by atoms with E-state index in [4.69, 9.17) is 4.74 Å². The van der Waals surface area contributed by atoms with E-state index in [2.05, 4.69) is 11.4 Å². The van der Waals surface area contributed by atoms with Gasteiger partial charge in [0.1, 0.15) is 5.82 Å². The molecule has 3 aliphatic rings. The summed E-state index contributed by atoms with van der Waals surface area (Å²) in [4.78, 5) is 27.5. The summed E-state index contributed by atoms with van der Waals surface area (Å²) in [5.74, 6) is -0.787. The first-order valence-electron chi connectivity index (χ1n) is 14.8. The van der Waals surface area contributed by atoms with Gasteiger partial charge in [-0.25, -0.2) is 17.6 Å². The number of benzene rings is 2. The molecule has 1 N–H and O–H groups in total. The largest absolute Gasteiger partial charge is 0.453 e. The number of nitriles is 1. The van der Waals surface area contributed by atoms with Crippen LogP contribution in [0.3, 0.4) is 0 Å². The molecule has 42 heavy (non-hydrogen) atoms. The number of methoxy groups -OCH3 is 1. The number of nitrogens with zero attached hydrogens (tertiary/aromatic N) is 2. The molecule has 3 fully saturated rings. The smallest absolute Gasteiger partial charge is 0.407 e. The molecular formula is C32H38FN3O5S. The Morgan fingerprint density at radius 2 is 1.81 bits per heavy atom. The Morgan fingerprint density at radius 1 is 1.07 bits per heavy atom. The third kappa shape index (κ3) is 6.03. The number of likely N-dealkylation sites (tertiary alicyclic amines) is 1. The number of carbonyl (C=O) groups excluding carboxylic acids is 2. The van der Waals surface area contributed by atoms with Crippen molar-refractivity contribution in [1.29, 1.82) is 5.26 Å². The number of aryl methyl sites for hydroxylation is 1. The molecule has 0 aromatic heterocycles. The minimum Gasteiger partial charge on any atom is -0.453 e. The summed E-state index contributed by atoms with van der Waals surface area (Å²) in [6.07, 6.45) is 4.98. The molecule has 2 aromatic rings. The molecule has 10 heteroatoms. The highest BCUT2D eigenvalue weighted by atomic mass is 32.2. The molecule has 0 bridgehead atoms. The number of rotatable bonds is 9. The van der Waals surface area contributed by atoms with E-state index in [1.54, 1.807) is 30.3 Å². The number of ether oxygens (including phenoxy) is 1. The molecular weight excluding hydrogens is 557 g/mol. The molecule has 224 valence electrons. The predicted octanol–water partition coefficient (Wildman–Crippen LogP) is 4.92. The van der Waals surface area contributed by atoms with Gasteiger partial charge in [-0.1, -0.05) is 30.7 Å². The molecule has 1 heterocycles. The van der Waals surface area contributed by atoms with Gasteiger partial charge < -0.3 is 15.0 Å². The maximum absolute atomic E-state index is 14.5. The fourth-order valence-electron chi connectivity index (χ4n) is 7.07. The molecule has 2 amide bonds. The minimum atomic E-state index is -3.29. The number of sulfone groups is 1. The highest BCUT2D eigenvalue weighted by Gasteiger charge is 2.53. The van der Waals surface area contributed by atoms with Gasteiger partial charge in [0.2, 0.25) is 5.91 Å². The lowest BCUT2D eigenvalue weighted by molar-refractivity contribution is -0.132. The summed E-state index contributed by atoms with van der Waals surface area (Å²) in [5.41, 5.74) is 0.395. The van der Waals surface area contributed by atoms with Crippen molar-refractivity contribution in [1.82, 2.24) is 10.2 Å². The maximum Gasteiger partial charge on any atom is 0.407 e. The molecule has 8 nitrogen and oxygen atoms in total. The molecule has 5 rings (SSSR count). The molecule has 0 spiro atoms. The summed E-state index contributed by atoms with van der Waals surface area (Å²) < 4.78 is 44.6. The van der Waals surface area contributed by atoms with Gasteiger partial charge in [-0.2, -0.15) is 5.26 Å². The van der Waals surface area contributed by atoms with E-state index in [-0.39, 0.29) is 35.5 Å². The first-order chi connectivity index (χ1) is 20.2. The number of carbonyl (C=O) groups is 2. The number of hydrogen-bond acceptors (Lipinski definition) is 6. The van der Waals surface area contributed by atoms with Crippen LogP contribution >= 0.6 is 0 Å². The number of nitrogens with one attached hydrogen (secondary N) is 1. The second kappa shape index (κ2) is 12.4. The van der Waals surface area contributed by atoms with E-state index < -0.39 is 27.2 Å². The molecule has 0 radical (unpaired) electrons. The summed E-state index contributed by atoms with van der Waals surface area (Å²) in [6, 6.07) is 15.4. The first-order valence-corrected chi connectivity index (χ1v) is 16.4. The van der Waals surface area contributed by atoms with Crippen LogP contribution in [0.25, 0.3) is 0 Å². The number of halogens is 1. The van der Waals surface area contributed by atoms with Crippen molar-refractivity contribution in [3.05, 3.63) is 65.5 Å². The number of hydrogen-bond donors (Lipinski definition) is 1. The van der Waals surface area contributed by atoms with Crippen LogP contribution in [0.5, 0.6) is 0 Å². The standard InChI is InChI=1S/C32H38FN3O5S/c1-41-31(38)35-29-10-4-9-28(29)32(21-34,24-6-3-7-25(33)20-24)23-15-17-36(18-16-23)30(37)14-11-22-5-2-8-27(19-22)42(39,40)26-12-13-26/h2-3,5-8,19-20,23,26,28-29H,4,9-18H2,1H3,(H,35,38)/t28-,29-,32-/m0/s1. The van der Waals surface area contributed by atoms with E-state index >= 15 is 0 Å². The minimum absolute atomic E-state index is 0.0108. The maximum atomic E-state index is 14.5. The highest BCUT2D eigenvalue weighted by Crippen LogP contribution is 2.50. The van der Waals surface area contributed by atoms with Crippen LogP contribution in [0.15, 0.2) is 53.4 Å². The zero-order valence-corrected chi connectivity index (χ0v) is 24.7. The normalized spacial score (nSPS) is 22.6. The first kappa shape index (κ1) is 30.0. The van der Waals surface area contributed by atoms with E-state index in [1.807, 2.05) is 11.0 Å². The zero-order chi connectivity index (χ0) is 29.9. The quantitative estimate of drug-likeness (QED) is 0.440. The van der Waals surface area contributed by atoms with Crippen LogP contribution in [0, 0.1) is 29.0 Å². The van der Waals surface area contributed by atoms with Crippen LogP contribution in [-0.2, 0) is 31.2 Å². The van der Waals surface area contributed by atoms with Crippen molar-refractivity contribution >= 4 is 21.8 Å². The van der Waals surface area contributed by atoms with Crippen LogP contribution in [-0.4, -0.2) is 56.8 Å².